The summed E-state index contributed by atoms with van der Waals surface area (Å²) >= 11 is 3.05. The number of thioether (sulfide) groups is 1. The summed E-state index contributed by atoms with van der Waals surface area (Å²) < 4.78 is 18.9. The van der Waals surface area contributed by atoms with Crippen molar-refractivity contribution in [3.8, 4) is 16.9 Å². The number of ether oxygens (including phenoxy) is 1. The number of fused-ring (bicyclic) bond motifs is 1. The first-order valence-electron chi connectivity index (χ1n) is 9.46. The smallest absolute Gasteiger partial charge is 0.223 e. The summed E-state index contributed by atoms with van der Waals surface area (Å²) in [5, 5.41) is 3.78. The first-order valence-corrected chi connectivity index (χ1v) is 11.3. The molecule has 8 heteroatoms. The molecule has 154 valence electrons. The van der Waals surface area contributed by atoms with Crippen molar-refractivity contribution in [1.82, 2.24) is 15.0 Å². The van der Waals surface area contributed by atoms with E-state index in [1.165, 1.54) is 35.2 Å². The first kappa shape index (κ1) is 20.6. The van der Waals surface area contributed by atoms with Crippen LogP contribution >= 0.6 is 23.1 Å². The number of nitrogens with zero attached hydrogens (tertiary/aromatic N) is 2. The van der Waals surface area contributed by atoms with Gasteiger partial charge in [-0.3, -0.25) is 4.79 Å². The highest BCUT2D eigenvalue weighted by molar-refractivity contribution is 7.98. The van der Waals surface area contributed by atoms with Gasteiger partial charge in [0.15, 0.2) is 5.75 Å². The van der Waals surface area contributed by atoms with E-state index in [-0.39, 0.29) is 11.2 Å². The zero-order valence-electron chi connectivity index (χ0n) is 16.5. The van der Waals surface area contributed by atoms with E-state index in [2.05, 4.69) is 15.0 Å². The Morgan fingerprint density at radius 2 is 2.03 bits per heavy atom. The fourth-order valence-corrected chi connectivity index (χ4v) is 4.81. The van der Waals surface area contributed by atoms with Gasteiger partial charge >= 0.3 is 0 Å². The van der Waals surface area contributed by atoms with E-state index in [0.717, 1.165) is 32.1 Å². The number of benzene rings is 1. The number of pyridine rings is 1. The van der Waals surface area contributed by atoms with Gasteiger partial charge in [-0.25, -0.2) is 14.4 Å². The van der Waals surface area contributed by atoms with Gasteiger partial charge in [0.25, 0.3) is 0 Å². The minimum atomic E-state index is -0.270. The predicted molar refractivity (Wildman–Crippen MR) is 120 cm³/mol. The van der Waals surface area contributed by atoms with Crippen LogP contribution in [0.4, 0.5) is 4.39 Å². The van der Waals surface area contributed by atoms with Crippen molar-refractivity contribution in [2.45, 2.75) is 24.6 Å². The maximum absolute atomic E-state index is 13.3. The van der Waals surface area contributed by atoms with Gasteiger partial charge in [-0.2, -0.15) is 0 Å². The molecule has 0 aliphatic rings. The average Bonchev–Trinajstić information content (AvgIpc) is 3.17. The number of H-pyrrole nitrogens is 1. The number of hydrogen-bond donors (Lipinski definition) is 1. The lowest BCUT2D eigenvalue weighted by atomic mass is 10.1. The highest BCUT2D eigenvalue weighted by atomic mass is 32.2. The van der Waals surface area contributed by atoms with Gasteiger partial charge in [0.2, 0.25) is 5.43 Å². The van der Waals surface area contributed by atoms with Crippen molar-refractivity contribution >= 4 is 33.3 Å². The molecular formula is C22H20FN3O2S2. The molecule has 0 amide bonds. The molecule has 5 nitrogen and oxygen atoms in total. The Bertz CT molecular complexity index is 1220. The molecule has 0 radical (unpaired) electrons. The average molecular weight is 442 g/mol. The van der Waals surface area contributed by atoms with Gasteiger partial charge in [0, 0.05) is 34.7 Å². The zero-order valence-corrected chi connectivity index (χ0v) is 18.1. The number of rotatable bonds is 7. The van der Waals surface area contributed by atoms with Crippen molar-refractivity contribution in [3.05, 3.63) is 70.0 Å². The van der Waals surface area contributed by atoms with Crippen molar-refractivity contribution in [1.29, 1.82) is 0 Å². The quantitative estimate of drug-likeness (QED) is 0.302. The van der Waals surface area contributed by atoms with Crippen LogP contribution in [0.2, 0.25) is 0 Å². The van der Waals surface area contributed by atoms with Crippen LogP contribution in [-0.4, -0.2) is 21.6 Å². The van der Waals surface area contributed by atoms with Crippen molar-refractivity contribution in [2.75, 3.05) is 6.61 Å². The fourth-order valence-electron chi connectivity index (χ4n) is 2.90. The van der Waals surface area contributed by atoms with E-state index in [9.17, 15) is 9.18 Å². The van der Waals surface area contributed by atoms with Gasteiger partial charge in [0.05, 0.1) is 12.0 Å². The van der Waals surface area contributed by atoms with Crippen molar-refractivity contribution < 1.29 is 9.13 Å². The van der Waals surface area contributed by atoms with E-state index in [0.29, 0.717) is 24.0 Å². The van der Waals surface area contributed by atoms with Gasteiger partial charge < -0.3 is 9.72 Å². The molecule has 0 spiro atoms. The molecule has 0 saturated heterocycles. The highest BCUT2D eigenvalue weighted by Gasteiger charge is 2.14. The van der Waals surface area contributed by atoms with Crippen LogP contribution in [0, 0.1) is 11.7 Å². The standard InChI is InChI=1S/C22H20FN3O2S2/c1-13(2)9-28-19-8-24-16(7-18(19)27)10-29-21-20-17(11-30-22(20)26-12-25-21)14-3-5-15(23)6-4-14/h3-8,11-13H,9-10H2,1-2H3,(H,24,27). The van der Waals surface area contributed by atoms with Gasteiger partial charge in [-0.15, -0.1) is 11.3 Å². The molecule has 3 heterocycles. The van der Waals surface area contributed by atoms with Crippen LogP contribution in [0.25, 0.3) is 21.3 Å². The SMILES string of the molecule is CC(C)COc1c[nH]c(CSc2ncnc3scc(-c4ccc(F)cc4)c23)cc1=O. The third kappa shape index (κ3) is 4.55. The Labute approximate surface area is 181 Å². The number of halogens is 1. The van der Waals surface area contributed by atoms with E-state index in [1.807, 2.05) is 19.2 Å². The number of hydrogen-bond acceptors (Lipinski definition) is 6. The maximum atomic E-state index is 13.3. The minimum Gasteiger partial charge on any atom is -0.488 e. The van der Waals surface area contributed by atoms with Crippen LogP contribution in [0.1, 0.15) is 19.5 Å². The molecule has 3 aromatic heterocycles. The van der Waals surface area contributed by atoms with Gasteiger partial charge in [-0.1, -0.05) is 37.7 Å². The second-order valence-corrected chi connectivity index (χ2v) is 9.02. The summed E-state index contributed by atoms with van der Waals surface area (Å²) in [5.41, 5.74) is 2.54. The number of aromatic nitrogens is 3. The molecule has 4 aromatic rings. The van der Waals surface area contributed by atoms with Gasteiger partial charge in [0.1, 0.15) is 22.0 Å². The Balaban J connectivity index is 1.57. The normalized spacial score (nSPS) is 11.3. The van der Waals surface area contributed by atoms with E-state index < -0.39 is 0 Å². The highest BCUT2D eigenvalue weighted by Crippen LogP contribution is 2.38. The molecule has 1 aromatic carbocycles. The van der Waals surface area contributed by atoms with E-state index in [4.69, 9.17) is 4.74 Å². The molecule has 0 saturated carbocycles. The topological polar surface area (TPSA) is 67.9 Å². The lowest BCUT2D eigenvalue weighted by Crippen LogP contribution is -2.13. The molecule has 0 unspecified atom stereocenters. The summed E-state index contributed by atoms with van der Waals surface area (Å²) in [6.07, 6.45) is 3.16. The molecule has 0 bridgehead atoms. The lowest BCUT2D eigenvalue weighted by Gasteiger charge is -2.09. The molecule has 0 atom stereocenters. The zero-order chi connectivity index (χ0) is 21.1. The largest absolute Gasteiger partial charge is 0.488 e. The molecule has 0 aliphatic carbocycles. The van der Waals surface area contributed by atoms with Crippen LogP contribution < -0.4 is 10.2 Å². The number of aromatic amines is 1. The molecular weight excluding hydrogens is 421 g/mol. The summed E-state index contributed by atoms with van der Waals surface area (Å²) in [7, 11) is 0. The Hall–Kier alpha value is -2.71. The lowest BCUT2D eigenvalue weighted by molar-refractivity contribution is 0.268. The maximum Gasteiger partial charge on any atom is 0.223 e. The van der Waals surface area contributed by atoms with E-state index >= 15 is 0 Å². The molecule has 0 aliphatic heterocycles. The van der Waals surface area contributed by atoms with Crippen LogP contribution in [-0.2, 0) is 5.75 Å². The summed E-state index contributed by atoms with van der Waals surface area (Å²) in [6, 6.07) is 7.97. The molecule has 4 rings (SSSR count). The first-order chi connectivity index (χ1) is 14.5. The number of thiophene rings is 1. The van der Waals surface area contributed by atoms with Crippen LogP contribution in [0.15, 0.2) is 58.1 Å². The minimum absolute atomic E-state index is 0.139. The third-order valence-corrected chi connectivity index (χ3v) is 6.29. The summed E-state index contributed by atoms with van der Waals surface area (Å²) in [4.78, 5) is 25.1. The Morgan fingerprint density at radius 1 is 1.23 bits per heavy atom. The third-order valence-electron chi connectivity index (χ3n) is 4.36. The van der Waals surface area contributed by atoms with E-state index in [1.54, 1.807) is 30.7 Å². The summed E-state index contributed by atoms with van der Waals surface area (Å²) in [6.45, 7) is 4.57. The molecule has 30 heavy (non-hydrogen) atoms. The van der Waals surface area contributed by atoms with Crippen molar-refractivity contribution in [2.24, 2.45) is 5.92 Å². The number of nitrogens with one attached hydrogen (secondary N) is 1. The van der Waals surface area contributed by atoms with Crippen molar-refractivity contribution in [3.63, 3.8) is 0 Å². The second kappa shape index (κ2) is 8.97. The Kier molecular flexibility index (Phi) is 6.15. The van der Waals surface area contributed by atoms with Gasteiger partial charge in [-0.05, 0) is 23.6 Å². The molecule has 1 N–H and O–H groups in total. The monoisotopic (exact) mass is 441 g/mol. The van der Waals surface area contributed by atoms with Crippen LogP contribution in [0.3, 0.4) is 0 Å². The predicted octanol–water partition coefficient (Wildman–Crippen LogP) is 5.51. The fraction of sp³-hybridized carbons (Fsp3) is 0.227. The molecule has 0 fully saturated rings. The van der Waals surface area contributed by atoms with Crippen LogP contribution in [0.5, 0.6) is 5.75 Å². The Morgan fingerprint density at radius 3 is 2.77 bits per heavy atom. The second-order valence-electron chi connectivity index (χ2n) is 7.20. The summed E-state index contributed by atoms with van der Waals surface area (Å²) in [5.74, 6) is 0.956.